The van der Waals surface area contributed by atoms with Crippen LogP contribution < -0.4 is 0 Å². The number of aliphatic hydroxyl groups excluding tert-OH is 1. The molecule has 0 aromatic carbocycles. The van der Waals surface area contributed by atoms with Gasteiger partial charge in [-0.25, -0.2) is 0 Å². The summed E-state index contributed by atoms with van der Waals surface area (Å²) in [5.74, 6) is 0.0625. The van der Waals surface area contributed by atoms with Gasteiger partial charge in [-0.05, 0) is 26.2 Å². The van der Waals surface area contributed by atoms with Gasteiger partial charge in [0.05, 0.1) is 6.10 Å². The van der Waals surface area contributed by atoms with Crippen LogP contribution in [-0.2, 0) is 9.53 Å². The SMILES string of the molecule is C=C(C)C1CC(=O)C(C)(OC)C(O)C1. The van der Waals surface area contributed by atoms with Crippen molar-refractivity contribution in [3.63, 3.8) is 0 Å². The van der Waals surface area contributed by atoms with E-state index in [0.717, 1.165) is 5.57 Å². The molecule has 1 N–H and O–H groups in total. The summed E-state index contributed by atoms with van der Waals surface area (Å²) < 4.78 is 5.10. The molecule has 0 amide bonds. The van der Waals surface area contributed by atoms with Gasteiger partial charge < -0.3 is 9.84 Å². The molecule has 0 radical (unpaired) electrons. The number of ketones is 1. The Morgan fingerprint density at radius 1 is 1.71 bits per heavy atom. The highest BCUT2D eigenvalue weighted by molar-refractivity contribution is 5.89. The molecule has 1 fully saturated rings. The topological polar surface area (TPSA) is 46.5 Å². The highest BCUT2D eigenvalue weighted by Crippen LogP contribution is 2.34. The average Bonchev–Trinajstić information content (AvgIpc) is 2.13. The van der Waals surface area contributed by atoms with E-state index in [9.17, 15) is 9.90 Å². The minimum absolute atomic E-state index is 0.0354. The van der Waals surface area contributed by atoms with Crippen LogP contribution >= 0.6 is 0 Å². The number of methoxy groups -OCH3 is 1. The van der Waals surface area contributed by atoms with Crippen LogP contribution in [0.4, 0.5) is 0 Å². The van der Waals surface area contributed by atoms with E-state index in [1.807, 2.05) is 6.92 Å². The van der Waals surface area contributed by atoms with Crippen LogP contribution in [0.25, 0.3) is 0 Å². The van der Waals surface area contributed by atoms with Crippen LogP contribution in [0, 0.1) is 5.92 Å². The number of hydrogen-bond acceptors (Lipinski definition) is 3. The molecule has 0 bridgehead atoms. The van der Waals surface area contributed by atoms with E-state index in [2.05, 4.69) is 6.58 Å². The largest absolute Gasteiger partial charge is 0.390 e. The predicted octanol–water partition coefficient (Wildman–Crippen LogP) is 1.31. The van der Waals surface area contributed by atoms with Gasteiger partial charge in [0.1, 0.15) is 5.60 Å². The summed E-state index contributed by atoms with van der Waals surface area (Å²) in [4.78, 5) is 11.7. The second kappa shape index (κ2) is 3.83. The number of Topliss-reactive ketones (excluding diaryl/α,β-unsaturated/α-hetero) is 1. The first kappa shape index (κ1) is 11.4. The van der Waals surface area contributed by atoms with Crippen molar-refractivity contribution < 1.29 is 14.6 Å². The molecule has 3 unspecified atom stereocenters. The Bertz CT molecular complexity index is 259. The smallest absolute Gasteiger partial charge is 0.167 e. The summed E-state index contributed by atoms with van der Waals surface area (Å²) in [6.07, 6.45) is 0.262. The van der Waals surface area contributed by atoms with Crippen LogP contribution in [0.15, 0.2) is 12.2 Å². The molecule has 0 saturated heterocycles. The van der Waals surface area contributed by atoms with Crippen LogP contribution in [0.2, 0.25) is 0 Å². The molecule has 1 saturated carbocycles. The predicted molar refractivity (Wildman–Crippen MR) is 54.0 cm³/mol. The molecule has 14 heavy (non-hydrogen) atoms. The van der Waals surface area contributed by atoms with Crippen LogP contribution in [0.1, 0.15) is 26.7 Å². The third-order valence-electron chi connectivity index (χ3n) is 3.25. The molecule has 0 aromatic rings. The van der Waals surface area contributed by atoms with E-state index < -0.39 is 11.7 Å². The highest BCUT2D eigenvalue weighted by atomic mass is 16.5. The van der Waals surface area contributed by atoms with Gasteiger partial charge >= 0.3 is 0 Å². The van der Waals surface area contributed by atoms with Crippen LogP contribution in [0.5, 0.6) is 0 Å². The zero-order chi connectivity index (χ0) is 10.9. The second-order valence-electron chi connectivity index (χ2n) is 4.23. The Morgan fingerprint density at radius 2 is 2.29 bits per heavy atom. The Hall–Kier alpha value is -0.670. The van der Waals surface area contributed by atoms with Crippen molar-refractivity contribution in [2.75, 3.05) is 7.11 Å². The van der Waals surface area contributed by atoms with Gasteiger partial charge in [-0.1, -0.05) is 12.2 Å². The number of rotatable bonds is 2. The summed E-state index contributed by atoms with van der Waals surface area (Å²) in [6, 6.07) is 0. The molecule has 1 aliphatic rings. The number of allylic oxidation sites excluding steroid dienone is 1. The lowest BCUT2D eigenvalue weighted by Gasteiger charge is -2.39. The molecule has 0 aliphatic heterocycles. The number of aliphatic hydroxyl groups is 1. The second-order valence-corrected chi connectivity index (χ2v) is 4.23. The monoisotopic (exact) mass is 198 g/mol. The molecular formula is C11H18O3. The molecule has 3 nitrogen and oxygen atoms in total. The first-order valence-corrected chi connectivity index (χ1v) is 4.83. The van der Waals surface area contributed by atoms with Crippen LogP contribution in [0.3, 0.4) is 0 Å². The first-order chi connectivity index (χ1) is 6.41. The quantitative estimate of drug-likeness (QED) is 0.680. The van der Waals surface area contributed by atoms with E-state index in [1.165, 1.54) is 7.11 Å². The van der Waals surface area contributed by atoms with E-state index in [4.69, 9.17) is 4.74 Å². The van der Waals surface area contributed by atoms with E-state index >= 15 is 0 Å². The Kier molecular flexibility index (Phi) is 3.12. The first-order valence-electron chi connectivity index (χ1n) is 4.83. The Labute approximate surface area is 84.8 Å². The zero-order valence-electron chi connectivity index (χ0n) is 9.04. The van der Waals surface area contributed by atoms with Gasteiger partial charge in [0.15, 0.2) is 5.78 Å². The molecular weight excluding hydrogens is 180 g/mol. The molecule has 0 aromatic heterocycles. The molecule has 80 valence electrons. The third-order valence-corrected chi connectivity index (χ3v) is 3.25. The molecule has 3 atom stereocenters. The fourth-order valence-corrected chi connectivity index (χ4v) is 1.82. The average molecular weight is 198 g/mol. The van der Waals surface area contributed by atoms with Crippen molar-refractivity contribution in [2.45, 2.75) is 38.4 Å². The van der Waals surface area contributed by atoms with Crippen molar-refractivity contribution in [1.29, 1.82) is 0 Å². The fourth-order valence-electron chi connectivity index (χ4n) is 1.82. The molecule has 3 heteroatoms. The number of hydrogen-bond donors (Lipinski definition) is 1. The van der Waals surface area contributed by atoms with Crippen molar-refractivity contribution in [3.8, 4) is 0 Å². The standard InChI is InChI=1S/C11H18O3/c1-7(2)8-5-9(12)11(3,14-4)10(13)6-8/h8-9,12H,1,5-6H2,2-4H3. The maximum atomic E-state index is 11.7. The van der Waals surface area contributed by atoms with E-state index in [0.29, 0.717) is 12.8 Å². The van der Waals surface area contributed by atoms with Gasteiger partial charge in [-0.15, -0.1) is 0 Å². The summed E-state index contributed by atoms with van der Waals surface area (Å²) in [7, 11) is 1.46. The van der Waals surface area contributed by atoms with Crippen molar-refractivity contribution in [1.82, 2.24) is 0 Å². The minimum Gasteiger partial charge on any atom is -0.390 e. The molecule has 0 heterocycles. The summed E-state index contributed by atoms with van der Waals surface area (Å²) in [5, 5.41) is 9.83. The lowest BCUT2D eigenvalue weighted by molar-refractivity contribution is -0.162. The molecule has 1 rings (SSSR count). The highest BCUT2D eigenvalue weighted by Gasteiger charge is 2.46. The van der Waals surface area contributed by atoms with Crippen molar-refractivity contribution in [3.05, 3.63) is 12.2 Å². The Morgan fingerprint density at radius 3 is 2.64 bits per heavy atom. The maximum Gasteiger partial charge on any atom is 0.167 e. The fraction of sp³-hybridized carbons (Fsp3) is 0.727. The third kappa shape index (κ3) is 1.74. The summed E-state index contributed by atoms with van der Waals surface area (Å²) in [6.45, 7) is 7.35. The summed E-state index contributed by atoms with van der Waals surface area (Å²) >= 11 is 0. The van der Waals surface area contributed by atoms with E-state index in [1.54, 1.807) is 6.92 Å². The van der Waals surface area contributed by atoms with E-state index in [-0.39, 0.29) is 11.7 Å². The number of carbonyl (C=O) groups is 1. The number of carbonyl (C=O) groups excluding carboxylic acids is 1. The maximum absolute atomic E-state index is 11.7. The van der Waals surface area contributed by atoms with Gasteiger partial charge in [0, 0.05) is 13.5 Å². The van der Waals surface area contributed by atoms with Crippen molar-refractivity contribution >= 4 is 5.78 Å². The zero-order valence-corrected chi connectivity index (χ0v) is 9.04. The lowest BCUT2D eigenvalue weighted by atomic mass is 9.74. The van der Waals surface area contributed by atoms with Gasteiger partial charge in [0.2, 0.25) is 0 Å². The lowest BCUT2D eigenvalue weighted by Crippen LogP contribution is -2.53. The molecule has 1 aliphatic carbocycles. The normalized spacial score (nSPS) is 38.4. The summed E-state index contributed by atoms with van der Waals surface area (Å²) in [5.41, 5.74) is -0.0677. The van der Waals surface area contributed by atoms with Crippen molar-refractivity contribution in [2.24, 2.45) is 5.92 Å². The molecule has 0 spiro atoms. The Balaban J connectivity index is 2.83. The minimum atomic E-state index is -1.02. The van der Waals surface area contributed by atoms with Gasteiger partial charge in [-0.2, -0.15) is 0 Å². The number of ether oxygens (including phenoxy) is 1. The van der Waals surface area contributed by atoms with Crippen LogP contribution in [-0.4, -0.2) is 29.7 Å². The van der Waals surface area contributed by atoms with Gasteiger partial charge in [-0.3, -0.25) is 4.79 Å². The van der Waals surface area contributed by atoms with Gasteiger partial charge in [0.25, 0.3) is 0 Å².